The average molecular weight is 248 g/mol. The minimum atomic E-state index is -0.103. The van der Waals surface area contributed by atoms with Gasteiger partial charge in [0.2, 0.25) is 0 Å². The van der Waals surface area contributed by atoms with Gasteiger partial charge < -0.3 is 15.4 Å². The fraction of sp³-hybridized carbons (Fsp3) is 0.500. The molecule has 0 radical (unpaired) electrons. The Morgan fingerprint density at radius 1 is 1.44 bits per heavy atom. The van der Waals surface area contributed by atoms with Crippen LogP contribution in [-0.4, -0.2) is 19.2 Å². The van der Waals surface area contributed by atoms with Crippen LogP contribution in [0.25, 0.3) is 0 Å². The van der Waals surface area contributed by atoms with E-state index in [0.717, 1.165) is 29.7 Å². The van der Waals surface area contributed by atoms with Gasteiger partial charge in [-0.25, -0.2) is 4.79 Å². The summed E-state index contributed by atoms with van der Waals surface area (Å²) in [6.07, 6.45) is 2.19. The van der Waals surface area contributed by atoms with E-state index in [9.17, 15) is 4.79 Å². The van der Waals surface area contributed by atoms with Crippen molar-refractivity contribution in [2.24, 2.45) is 0 Å². The smallest absolute Gasteiger partial charge is 0.315 e. The van der Waals surface area contributed by atoms with Crippen LogP contribution in [0.1, 0.15) is 36.9 Å². The number of urea groups is 1. The van der Waals surface area contributed by atoms with Crippen molar-refractivity contribution in [3.05, 3.63) is 29.3 Å². The lowest BCUT2D eigenvalue weighted by molar-refractivity contribution is 0.237. The molecule has 2 amide bonds. The molecule has 4 heteroatoms. The van der Waals surface area contributed by atoms with Gasteiger partial charge in [-0.1, -0.05) is 17.7 Å². The molecule has 1 fully saturated rings. The topological polar surface area (TPSA) is 50.4 Å². The molecule has 98 valence electrons. The second kappa shape index (κ2) is 5.29. The first-order valence-electron chi connectivity index (χ1n) is 6.31. The Bertz CT molecular complexity index is 441. The molecule has 1 aliphatic rings. The number of benzene rings is 1. The van der Waals surface area contributed by atoms with Crippen LogP contribution in [0.4, 0.5) is 4.79 Å². The van der Waals surface area contributed by atoms with Gasteiger partial charge in [0.15, 0.2) is 0 Å². The summed E-state index contributed by atoms with van der Waals surface area (Å²) in [5.74, 6) is 0.805. The second-order valence-corrected chi connectivity index (χ2v) is 4.86. The van der Waals surface area contributed by atoms with Crippen molar-refractivity contribution in [3.63, 3.8) is 0 Å². The number of ether oxygens (including phenoxy) is 1. The molecule has 1 atom stereocenters. The molecule has 0 unspecified atom stereocenters. The Morgan fingerprint density at radius 3 is 2.78 bits per heavy atom. The SMILES string of the molecule is COc1ccc(C)cc1[C@@H](C)NC(=O)NC1CC1. The predicted octanol–water partition coefficient (Wildman–Crippen LogP) is 2.53. The zero-order valence-corrected chi connectivity index (χ0v) is 11.1. The summed E-state index contributed by atoms with van der Waals surface area (Å²) in [4.78, 5) is 11.7. The quantitative estimate of drug-likeness (QED) is 0.860. The van der Waals surface area contributed by atoms with Gasteiger partial charge >= 0.3 is 6.03 Å². The largest absolute Gasteiger partial charge is 0.496 e. The van der Waals surface area contributed by atoms with Crippen LogP contribution in [0.2, 0.25) is 0 Å². The molecule has 2 N–H and O–H groups in total. The highest BCUT2D eigenvalue weighted by atomic mass is 16.5. The van der Waals surface area contributed by atoms with E-state index in [0.29, 0.717) is 6.04 Å². The van der Waals surface area contributed by atoms with Gasteiger partial charge in [0.05, 0.1) is 13.2 Å². The number of methoxy groups -OCH3 is 1. The molecule has 0 aliphatic heterocycles. The first-order chi connectivity index (χ1) is 8.60. The van der Waals surface area contributed by atoms with Crippen LogP contribution in [-0.2, 0) is 0 Å². The van der Waals surface area contributed by atoms with E-state index < -0.39 is 0 Å². The van der Waals surface area contributed by atoms with E-state index in [1.54, 1.807) is 7.11 Å². The molecule has 18 heavy (non-hydrogen) atoms. The molecule has 4 nitrogen and oxygen atoms in total. The molecule has 0 heterocycles. The summed E-state index contributed by atoms with van der Waals surface area (Å²) >= 11 is 0. The summed E-state index contributed by atoms with van der Waals surface area (Å²) in [5.41, 5.74) is 2.16. The minimum absolute atomic E-state index is 0.0707. The molecule has 1 saturated carbocycles. The number of rotatable bonds is 4. The Balaban J connectivity index is 2.04. The van der Waals surface area contributed by atoms with E-state index in [1.165, 1.54) is 0 Å². The van der Waals surface area contributed by atoms with Crippen molar-refractivity contribution < 1.29 is 9.53 Å². The first-order valence-corrected chi connectivity index (χ1v) is 6.31. The Labute approximate surface area is 108 Å². The number of carbonyl (C=O) groups is 1. The second-order valence-electron chi connectivity index (χ2n) is 4.86. The monoisotopic (exact) mass is 248 g/mol. The molecule has 1 aromatic rings. The number of hydrogen-bond donors (Lipinski definition) is 2. The van der Waals surface area contributed by atoms with Gasteiger partial charge in [-0.2, -0.15) is 0 Å². The molecule has 0 spiro atoms. The number of nitrogens with one attached hydrogen (secondary N) is 2. The van der Waals surface area contributed by atoms with Gasteiger partial charge in [0, 0.05) is 11.6 Å². The number of carbonyl (C=O) groups excluding carboxylic acids is 1. The van der Waals surface area contributed by atoms with E-state index >= 15 is 0 Å². The normalized spacial score (nSPS) is 15.9. The fourth-order valence-corrected chi connectivity index (χ4v) is 1.92. The Hall–Kier alpha value is -1.71. The van der Waals surface area contributed by atoms with Crippen LogP contribution in [0.5, 0.6) is 5.75 Å². The van der Waals surface area contributed by atoms with Crippen LogP contribution >= 0.6 is 0 Å². The van der Waals surface area contributed by atoms with Gasteiger partial charge in [0.1, 0.15) is 5.75 Å². The molecule has 2 rings (SSSR count). The Kier molecular flexibility index (Phi) is 3.75. The highest BCUT2D eigenvalue weighted by molar-refractivity contribution is 5.75. The van der Waals surface area contributed by atoms with Gasteiger partial charge in [-0.15, -0.1) is 0 Å². The van der Waals surface area contributed by atoms with Crippen molar-refractivity contribution in [1.29, 1.82) is 0 Å². The van der Waals surface area contributed by atoms with E-state index in [1.807, 2.05) is 32.0 Å². The third-order valence-electron chi connectivity index (χ3n) is 3.11. The molecule has 0 aromatic heterocycles. The summed E-state index contributed by atoms with van der Waals surface area (Å²) < 4.78 is 5.32. The standard InChI is InChI=1S/C14H20N2O2/c1-9-4-7-13(18-3)12(8-9)10(2)15-14(17)16-11-5-6-11/h4,7-8,10-11H,5-6H2,1-3H3,(H2,15,16,17)/t10-/m1/s1. The fourth-order valence-electron chi connectivity index (χ4n) is 1.92. The Morgan fingerprint density at radius 2 is 2.17 bits per heavy atom. The van der Waals surface area contributed by atoms with Crippen LogP contribution in [0.3, 0.4) is 0 Å². The third-order valence-corrected chi connectivity index (χ3v) is 3.11. The lowest BCUT2D eigenvalue weighted by Gasteiger charge is -2.18. The van der Waals surface area contributed by atoms with Crippen molar-refractivity contribution in [3.8, 4) is 5.75 Å². The van der Waals surface area contributed by atoms with Crippen molar-refractivity contribution in [1.82, 2.24) is 10.6 Å². The first kappa shape index (κ1) is 12.7. The van der Waals surface area contributed by atoms with Crippen LogP contribution < -0.4 is 15.4 Å². The number of amides is 2. The number of hydrogen-bond acceptors (Lipinski definition) is 2. The summed E-state index contributed by atoms with van der Waals surface area (Å²) in [6, 6.07) is 6.17. The van der Waals surface area contributed by atoms with Gasteiger partial charge in [-0.05, 0) is 32.8 Å². The van der Waals surface area contributed by atoms with E-state index in [2.05, 4.69) is 10.6 Å². The summed E-state index contributed by atoms with van der Waals surface area (Å²) in [7, 11) is 1.64. The molecule has 1 aromatic carbocycles. The van der Waals surface area contributed by atoms with Crippen molar-refractivity contribution >= 4 is 6.03 Å². The maximum absolute atomic E-state index is 11.7. The van der Waals surface area contributed by atoms with Crippen molar-refractivity contribution in [2.75, 3.05) is 7.11 Å². The highest BCUT2D eigenvalue weighted by Crippen LogP contribution is 2.26. The molecule has 0 bridgehead atoms. The summed E-state index contributed by atoms with van der Waals surface area (Å²) in [6.45, 7) is 3.99. The molecular formula is C14H20N2O2. The third kappa shape index (κ3) is 3.15. The minimum Gasteiger partial charge on any atom is -0.496 e. The van der Waals surface area contributed by atoms with Crippen molar-refractivity contribution in [2.45, 2.75) is 38.8 Å². The van der Waals surface area contributed by atoms with E-state index in [-0.39, 0.29) is 12.1 Å². The van der Waals surface area contributed by atoms with Gasteiger partial charge in [0.25, 0.3) is 0 Å². The lowest BCUT2D eigenvalue weighted by Crippen LogP contribution is -2.38. The zero-order valence-electron chi connectivity index (χ0n) is 11.1. The maximum Gasteiger partial charge on any atom is 0.315 e. The predicted molar refractivity (Wildman–Crippen MR) is 70.8 cm³/mol. The van der Waals surface area contributed by atoms with Gasteiger partial charge in [-0.3, -0.25) is 0 Å². The summed E-state index contributed by atoms with van der Waals surface area (Å²) in [5, 5.41) is 5.86. The lowest BCUT2D eigenvalue weighted by atomic mass is 10.0. The van der Waals surface area contributed by atoms with E-state index in [4.69, 9.17) is 4.74 Å². The van der Waals surface area contributed by atoms with Crippen LogP contribution in [0, 0.1) is 6.92 Å². The molecule has 0 saturated heterocycles. The molecule has 1 aliphatic carbocycles. The number of aryl methyl sites for hydroxylation is 1. The van der Waals surface area contributed by atoms with Crippen LogP contribution in [0.15, 0.2) is 18.2 Å². The average Bonchev–Trinajstić information content (AvgIpc) is 3.12. The zero-order chi connectivity index (χ0) is 13.1. The maximum atomic E-state index is 11.7. The highest BCUT2D eigenvalue weighted by Gasteiger charge is 2.24. The molecular weight excluding hydrogens is 228 g/mol.